The first-order chi connectivity index (χ1) is 11.5. The lowest BCUT2D eigenvalue weighted by Gasteiger charge is -2.33. The van der Waals surface area contributed by atoms with Crippen LogP contribution in [0, 0.1) is 19.3 Å². The van der Waals surface area contributed by atoms with Crippen LogP contribution in [0.1, 0.15) is 30.7 Å². The molecule has 2 saturated heterocycles. The Bertz CT molecular complexity index is 782. The van der Waals surface area contributed by atoms with Crippen LogP contribution in [0.2, 0.25) is 0 Å². The zero-order chi connectivity index (χ0) is 16.7. The van der Waals surface area contributed by atoms with Crippen LogP contribution in [-0.4, -0.2) is 47.2 Å². The molecular formula is C17H22N4O2S. The third-order valence-electron chi connectivity index (χ3n) is 5.17. The number of carbonyl (C=O) groups is 1. The summed E-state index contributed by atoms with van der Waals surface area (Å²) in [4.78, 5) is 23.5. The Hall–Kier alpha value is -1.73. The normalized spacial score (nSPS) is 20.0. The van der Waals surface area contributed by atoms with Crippen LogP contribution in [0.25, 0.3) is 10.2 Å². The molecule has 0 saturated carbocycles. The first-order valence-corrected chi connectivity index (χ1v) is 9.25. The number of urea groups is 1. The summed E-state index contributed by atoms with van der Waals surface area (Å²) in [5.74, 6) is 0. The number of fused-ring (bicyclic) bond motifs is 1. The van der Waals surface area contributed by atoms with Crippen LogP contribution in [0.4, 0.5) is 9.93 Å². The average Bonchev–Trinajstić information content (AvgIpc) is 3.13. The van der Waals surface area contributed by atoms with E-state index in [2.05, 4.69) is 15.3 Å². The molecule has 2 aromatic rings. The molecule has 24 heavy (non-hydrogen) atoms. The molecule has 1 N–H and O–H groups in total. The molecule has 6 nitrogen and oxygen atoms in total. The van der Waals surface area contributed by atoms with Crippen LogP contribution >= 0.6 is 11.3 Å². The summed E-state index contributed by atoms with van der Waals surface area (Å²) in [6, 6.07) is 1.97. The number of likely N-dealkylation sites (tertiary alicyclic amines) is 1. The Labute approximate surface area is 145 Å². The van der Waals surface area contributed by atoms with Crippen molar-refractivity contribution in [2.45, 2.75) is 33.1 Å². The lowest BCUT2D eigenvalue weighted by atomic mass is 9.80. The second-order valence-electron chi connectivity index (χ2n) is 6.93. The van der Waals surface area contributed by atoms with Crippen molar-refractivity contribution in [3.05, 3.63) is 17.5 Å². The van der Waals surface area contributed by atoms with Gasteiger partial charge in [-0.25, -0.2) is 9.78 Å². The van der Waals surface area contributed by atoms with Crippen molar-refractivity contribution in [1.29, 1.82) is 0 Å². The molecule has 2 amide bonds. The minimum atomic E-state index is -0.0419. The van der Waals surface area contributed by atoms with Gasteiger partial charge in [-0.2, -0.15) is 0 Å². The number of ether oxygens (including phenoxy) is 1. The van der Waals surface area contributed by atoms with Gasteiger partial charge in [0.15, 0.2) is 5.13 Å². The Morgan fingerprint density at radius 1 is 1.29 bits per heavy atom. The van der Waals surface area contributed by atoms with Gasteiger partial charge < -0.3 is 9.64 Å². The van der Waals surface area contributed by atoms with Gasteiger partial charge in [0.1, 0.15) is 5.52 Å². The van der Waals surface area contributed by atoms with Crippen molar-refractivity contribution < 1.29 is 9.53 Å². The van der Waals surface area contributed by atoms with Gasteiger partial charge in [0.2, 0.25) is 0 Å². The number of pyridine rings is 1. The number of hydrogen-bond acceptors (Lipinski definition) is 5. The number of amides is 2. The summed E-state index contributed by atoms with van der Waals surface area (Å²) >= 11 is 1.51. The van der Waals surface area contributed by atoms with Crippen molar-refractivity contribution >= 4 is 32.7 Å². The van der Waals surface area contributed by atoms with Gasteiger partial charge >= 0.3 is 6.03 Å². The fourth-order valence-electron chi connectivity index (χ4n) is 3.77. The molecule has 0 aromatic carbocycles. The molecular weight excluding hydrogens is 324 g/mol. The quantitative estimate of drug-likeness (QED) is 0.860. The third kappa shape index (κ3) is 2.86. The number of anilines is 1. The lowest BCUT2D eigenvalue weighted by molar-refractivity contribution is 0.0211. The molecule has 2 fully saturated rings. The summed E-state index contributed by atoms with van der Waals surface area (Å²) in [5, 5.41) is 3.63. The number of nitrogens with one attached hydrogen (secondary N) is 1. The predicted molar refractivity (Wildman–Crippen MR) is 94.6 cm³/mol. The molecule has 4 heterocycles. The highest BCUT2D eigenvalue weighted by Crippen LogP contribution is 2.40. The SMILES string of the molecule is Cc1cc2sc(NC(=O)N3CCC4(CCOCC4)C3)nc2c(C)n1. The first-order valence-electron chi connectivity index (χ1n) is 8.43. The van der Waals surface area contributed by atoms with Crippen LogP contribution < -0.4 is 5.32 Å². The fourth-order valence-corrected chi connectivity index (χ4v) is 4.78. The highest BCUT2D eigenvalue weighted by atomic mass is 32.1. The highest BCUT2D eigenvalue weighted by Gasteiger charge is 2.41. The van der Waals surface area contributed by atoms with Gasteiger partial charge in [-0.1, -0.05) is 11.3 Å². The largest absolute Gasteiger partial charge is 0.381 e. The van der Waals surface area contributed by atoms with E-state index in [-0.39, 0.29) is 11.4 Å². The predicted octanol–water partition coefficient (Wildman–Crippen LogP) is 3.34. The smallest absolute Gasteiger partial charge is 0.323 e. The van der Waals surface area contributed by atoms with Crippen LogP contribution in [0.5, 0.6) is 0 Å². The van der Waals surface area contributed by atoms with E-state index in [1.807, 2.05) is 24.8 Å². The molecule has 0 bridgehead atoms. The monoisotopic (exact) mass is 346 g/mol. The summed E-state index contributed by atoms with van der Waals surface area (Å²) in [5.41, 5.74) is 3.02. The molecule has 2 aliphatic heterocycles. The van der Waals surface area contributed by atoms with Crippen molar-refractivity contribution in [2.75, 3.05) is 31.6 Å². The zero-order valence-electron chi connectivity index (χ0n) is 14.1. The van der Waals surface area contributed by atoms with Crippen molar-refractivity contribution in [3.63, 3.8) is 0 Å². The second kappa shape index (κ2) is 5.97. The molecule has 4 rings (SSSR count). The zero-order valence-corrected chi connectivity index (χ0v) is 14.9. The highest BCUT2D eigenvalue weighted by molar-refractivity contribution is 7.22. The van der Waals surface area contributed by atoms with Gasteiger partial charge in [0.05, 0.1) is 10.4 Å². The van der Waals surface area contributed by atoms with Crippen molar-refractivity contribution in [1.82, 2.24) is 14.9 Å². The van der Waals surface area contributed by atoms with E-state index in [0.29, 0.717) is 5.13 Å². The summed E-state index contributed by atoms with van der Waals surface area (Å²) in [6.45, 7) is 7.21. The molecule has 0 radical (unpaired) electrons. The Balaban J connectivity index is 1.47. The summed E-state index contributed by atoms with van der Waals surface area (Å²) < 4.78 is 6.54. The third-order valence-corrected chi connectivity index (χ3v) is 6.09. The molecule has 2 aliphatic rings. The Morgan fingerprint density at radius 2 is 2.08 bits per heavy atom. The number of rotatable bonds is 1. The van der Waals surface area contributed by atoms with Gasteiger partial charge in [0.25, 0.3) is 0 Å². The molecule has 0 atom stereocenters. The van der Waals surface area contributed by atoms with E-state index >= 15 is 0 Å². The molecule has 128 valence electrons. The molecule has 0 unspecified atom stereocenters. The van der Waals surface area contributed by atoms with E-state index in [9.17, 15) is 4.79 Å². The van der Waals surface area contributed by atoms with Gasteiger partial charge in [-0.15, -0.1) is 0 Å². The lowest BCUT2D eigenvalue weighted by Crippen LogP contribution is -2.37. The van der Waals surface area contributed by atoms with Gasteiger partial charge in [-0.05, 0) is 44.6 Å². The standard InChI is InChI=1S/C17H22N4O2S/c1-11-9-13-14(12(2)18-11)19-15(24-13)20-16(22)21-6-3-17(10-21)4-7-23-8-5-17/h9H,3-8,10H2,1-2H3,(H,19,20,22). The Morgan fingerprint density at radius 3 is 2.88 bits per heavy atom. The minimum Gasteiger partial charge on any atom is -0.381 e. The van der Waals surface area contributed by atoms with Crippen LogP contribution in [-0.2, 0) is 4.74 Å². The summed E-state index contributed by atoms with van der Waals surface area (Å²) in [7, 11) is 0. The maximum absolute atomic E-state index is 12.6. The average molecular weight is 346 g/mol. The molecule has 1 spiro atoms. The van der Waals surface area contributed by atoms with E-state index < -0.39 is 0 Å². The van der Waals surface area contributed by atoms with Crippen molar-refractivity contribution in [3.8, 4) is 0 Å². The number of thiazole rings is 1. The number of aromatic nitrogens is 2. The van der Waals surface area contributed by atoms with Crippen molar-refractivity contribution in [2.24, 2.45) is 5.41 Å². The van der Waals surface area contributed by atoms with Crippen LogP contribution in [0.3, 0.4) is 0 Å². The van der Waals surface area contributed by atoms with E-state index in [1.165, 1.54) is 11.3 Å². The molecule has 2 aromatic heterocycles. The number of aryl methyl sites for hydroxylation is 2. The topological polar surface area (TPSA) is 67.4 Å². The fraction of sp³-hybridized carbons (Fsp3) is 0.588. The number of hydrogen-bond donors (Lipinski definition) is 1. The van der Waals surface area contributed by atoms with E-state index in [0.717, 1.165) is 67.2 Å². The van der Waals surface area contributed by atoms with E-state index in [4.69, 9.17) is 4.74 Å². The number of nitrogens with zero attached hydrogens (tertiary/aromatic N) is 3. The Kier molecular flexibility index (Phi) is 3.92. The van der Waals surface area contributed by atoms with Gasteiger partial charge in [0, 0.05) is 32.0 Å². The summed E-state index contributed by atoms with van der Waals surface area (Å²) in [6.07, 6.45) is 3.19. The minimum absolute atomic E-state index is 0.0419. The van der Waals surface area contributed by atoms with Gasteiger partial charge in [-0.3, -0.25) is 10.3 Å². The second-order valence-corrected chi connectivity index (χ2v) is 7.96. The van der Waals surface area contributed by atoms with E-state index in [1.54, 1.807) is 0 Å². The first kappa shape index (κ1) is 15.8. The molecule has 7 heteroatoms. The number of carbonyl (C=O) groups excluding carboxylic acids is 1. The maximum atomic E-state index is 12.6. The maximum Gasteiger partial charge on any atom is 0.323 e. The molecule has 0 aliphatic carbocycles. The van der Waals surface area contributed by atoms with Crippen LogP contribution in [0.15, 0.2) is 6.07 Å².